The molecule has 0 aliphatic rings. The molecular formula is C16H13ClNO3-. The zero-order chi connectivity index (χ0) is 15.2. The molecular weight excluding hydrogens is 290 g/mol. The van der Waals surface area contributed by atoms with Crippen LogP contribution >= 0.6 is 11.6 Å². The van der Waals surface area contributed by atoms with E-state index in [-0.39, 0.29) is 12.2 Å². The first-order valence-electron chi connectivity index (χ1n) is 6.29. The van der Waals surface area contributed by atoms with Crippen molar-refractivity contribution >= 4 is 23.3 Å². The molecule has 0 saturated carbocycles. The second-order valence-electron chi connectivity index (χ2n) is 4.44. The molecule has 0 atom stereocenters. The van der Waals surface area contributed by atoms with Crippen molar-refractivity contribution in [2.24, 2.45) is 5.16 Å². The lowest BCUT2D eigenvalue weighted by Gasteiger charge is -2.06. The van der Waals surface area contributed by atoms with E-state index in [1.54, 1.807) is 24.3 Å². The minimum atomic E-state index is -1.21. The number of carbonyl (C=O) groups excluding carboxylic acids is 1. The first kappa shape index (κ1) is 15.1. The number of carboxylic acid groups (broad SMARTS) is 1. The van der Waals surface area contributed by atoms with Crippen molar-refractivity contribution in [2.45, 2.75) is 13.5 Å². The Morgan fingerprint density at radius 1 is 1.19 bits per heavy atom. The topological polar surface area (TPSA) is 61.7 Å². The maximum Gasteiger partial charge on any atom is 0.142 e. The molecule has 2 aromatic carbocycles. The highest BCUT2D eigenvalue weighted by Crippen LogP contribution is 2.11. The number of aromatic carboxylic acids is 1. The molecule has 0 aromatic heterocycles. The third kappa shape index (κ3) is 4.33. The first-order valence-corrected chi connectivity index (χ1v) is 6.67. The second kappa shape index (κ2) is 6.90. The van der Waals surface area contributed by atoms with E-state index in [2.05, 4.69) is 5.16 Å². The Kier molecular flexibility index (Phi) is 4.95. The number of oxime groups is 1. The number of rotatable bonds is 5. The van der Waals surface area contributed by atoms with E-state index in [9.17, 15) is 9.90 Å². The minimum Gasteiger partial charge on any atom is -0.545 e. The van der Waals surface area contributed by atoms with E-state index in [1.165, 1.54) is 12.1 Å². The lowest BCUT2D eigenvalue weighted by molar-refractivity contribution is -0.255. The van der Waals surface area contributed by atoms with Gasteiger partial charge in [0.1, 0.15) is 6.61 Å². The Labute approximate surface area is 127 Å². The number of nitrogens with zero attached hydrogens (tertiary/aromatic N) is 1. The Balaban J connectivity index is 2.00. The Morgan fingerprint density at radius 3 is 2.57 bits per heavy atom. The molecule has 0 amide bonds. The average Bonchev–Trinajstić information content (AvgIpc) is 2.48. The minimum absolute atomic E-state index is 0.120. The normalized spacial score (nSPS) is 11.2. The molecule has 2 aromatic rings. The van der Waals surface area contributed by atoms with Gasteiger partial charge in [0.05, 0.1) is 11.7 Å². The zero-order valence-electron chi connectivity index (χ0n) is 11.4. The fourth-order valence-corrected chi connectivity index (χ4v) is 1.86. The lowest BCUT2D eigenvalue weighted by atomic mass is 10.1. The largest absolute Gasteiger partial charge is 0.545 e. The van der Waals surface area contributed by atoms with Gasteiger partial charge in [0.25, 0.3) is 0 Å². The molecule has 0 bridgehead atoms. The summed E-state index contributed by atoms with van der Waals surface area (Å²) in [4.78, 5) is 16.0. The van der Waals surface area contributed by atoms with E-state index >= 15 is 0 Å². The first-order chi connectivity index (χ1) is 10.1. The maximum absolute atomic E-state index is 10.8. The summed E-state index contributed by atoms with van der Waals surface area (Å²) in [6.07, 6.45) is 0. The maximum atomic E-state index is 10.8. The van der Waals surface area contributed by atoms with Crippen LogP contribution in [-0.4, -0.2) is 11.7 Å². The standard InChI is InChI=1S/C16H14ClNO3/c1-11(13-5-7-15(17)8-6-13)18-21-10-12-3-2-4-14(9-12)16(19)20/h2-9H,10H2,1H3,(H,19,20)/p-1. The van der Waals surface area contributed by atoms with Crippen molar-refractivity contribution in [3.63, 3.8) is 0 Å². The predicted octanol–water partition coefficient (Wildman–Crippen LogP) is 2.64. The number of carbonyl (C=O) groups is 1. The van der Waals surface area contributed by atoms with Gasteiger partial charge in [-0.05, 0) is 41.8 Å². The molecule has 21 heavy (non-hydrogen) atoms. The molecule has 0 saturated heterocycles. The van der Waals surface area contributed by atoms with Crippen LogP contribution in [0.3, 0.4) is 0 Å². The molecule has 0 aliphatic heterocycles. The van der Waals surface area contributed by atoms with Crippen LogP contribution in [0.25, 0.3) is 0 Å². The van der Waals surface area contributed by atoms with Crippen LogP contribution in [-0.2, 0) is 11.4 Å². The second-order valence-corrected chi connectivity index (χ2v) is 4.88. The zero-order valence-corrected chi connectivity index (χ0v) is 12.1. The van der Waals surface area contributed by atoms with Crippen molar-refractivity contribution < 1.29 is 14.7 Å². The van der Waals surface area contributed by atoms with Gasteiger partial charge in [0.2, 0.25) is 0 Å². The van der Waals surface area contributed by atoms with Crippen molar-refractivity contribution in [1.29, 1.82) is 0 Å². The fourth-order valence-electron chi connectivity index (χ4n) is 1.74. The van der Waals surface area contributed by atoms with Gasteiger partial charge in [-0.1, -0.05) is 47.1 Å². The summed E-state index contributed by atoms with van der Waals surface area (Å²) in [6.45, 7) is 2.01. The molecule has 0 heterocycles. The molecule has 0 spiro atoms. The van der Waals surface area contributed by atoms with Crippen molar-refractivity contribution in [3.05, 3.63) is 70.2 Å². The molecule has 0 fully saturated rings. The number of halogens is 1. The molecule has 0 radical (unpaired) electrons. The van der Waals surface area contributed by atoms with Gasteiger partial charge in [0.15, 0.2) is 0 Å². The number of carboxylic acids is 1. The third-order valence-electron chi connectivity index (χ3n) is 2.86. The molecule has 0 unspecified atom stereocenters. The van der Waals surface area contributed by atoms with Gasteiger partial charge in [-0.3, -0.25) is 0 Å². The Bertz CT molecular complexity index is 665. The summed E-state index contributed by atoms with van der Waals surface area (Å²) in [5, 5.41) is 15.4. The Morgan fingerprint density at radius 2 is 1.90 bits per heavy atom. The monoisotopic (exact) mass is 302 g/mol. The van der Waals surface area contributed by atoms with Crippen LogP contribution in [0, 0.1) is 0 Å². The molecule has 108 valence electrons. The van der Waals surface area contributed by atoms with Crippen molar-refractivity contribution in [3.8, 4) is 0 Å². The van der Waals surface area contributed by atoms with E-state index < -0.39 is 5.97 Å². The molecule has 0 aliphatic carbocycles. The Hall–Kier alpha value is -2.33. The summed E-state index contributed by atoms with van der Waals surface area (Å²) in [5.74, 6) is -1.21. The highest BCUT2D eigenvalue weighted by Gasteiger charge is 2.00. The average molecular weight is 303 g/mol. The van der Waals surface area contributed by atoms with Gasteiger partial charge in [-0.15, -0.1) is 0 Å². The summed E-state index contributed by atoms with van der Waals surface area (Å²) >= 11 is 5.82. The molecule has 2 rings (SSSR count). The summed E-state index contributed by atoms with van der Waals surface area (Å²) < 4.78 is 0. The highest BCUT2D eigenvalue weighted by molar-refractivity contribution is 6.30. The van der Waals surface area contributed by atoms with Crippen LogP contribution < -0.4 is 5.11 Å². The van der Waals surface area contributed by atoms with Gasteiger partial charge < -0.3 is 14.7 Å². The number of hydrogen-bond acceptors (Lipinski definition) is 4. The molecule has 5 heteroatoms. The van der Waals surface area contributed by atoms with Gasteiger partial charge in [-0.25, -0.2) is 0 Å². The van der Waals surface area contributed by atoms with E-state index in [0.29, 0.717) is 16.3 Å². The van der Waals surface area contributed by atoms with Crippen LogP contribution in [0.1, 0.15) is 28.4 Å². The number of benzene rings is 2. The van der Waals surface area contributed by atoms with Crippen LogP contribution in [0.4, 0.5) is 0 Å². The third-order valence-corrected chi connectivity index (χ3v) is 3.11. The summed E-state index contributed by atoms with van der Waals surface area (Å²) in [6, 6.07) is 13.6. The van der Waals surface area contributed by atoms with Crippen LogP contribution in [0.15, 0.2) is 53.7 Å². The molecule has 0 N–H and O–H groups in total. The smallest absolute Gasteiger partial charge is 0.142 e. The van der Waals surface area contributed by atoms with Gasteiger partial charge in [-0.2, -0.15) is 0 Å². The fraction of sp³-hybridized carbons (Fsp3) is 0.125. The summed E-state index contributed by atoms with van der Waals surface area (Å²) in [7, 11) is 0. The summed E-state index contributed by atoms with van der Waals surface area (Å²) in [5.41, 5.74) is 2.45. The number of hydrogen-bond donors (Lipinski definition) is 0. The predicted molar refractivity (Wildman–Crippen MR) is 79.2 cm³/mol. The lowest BCUT2D eigenvalue weighted by Crippen LogP contribution is -2.22. The highest BCUT2D eigenvalue weighted by atomic mass is 35.5. The van der Waals surface area contributed by atoms with E-state index in [4.69, 9.17) is 16.4 Å². The van der Waals surface area contributed by atoms with Crippen molar-refractivity contribution in [1.82, 2.24) is 0 Å². The quantitative estimate of drug-likeness (QED) is 0.630. The van der Waals surface area contributed by atoms with Crippen LogP contribution in [0.2, 0.25) is 5.02 Å². The van der Waals surface area contributed by atoms with Crippen LogP contribution in [0.5, 0.6) is 0 Å². The van der Waals surface area contributed by atoms with Gasteiger partial charge in [0, 0.05) is 5.02 Å². The van der Waals surface area contributed by atoms with Crippen molar-refractivity contribution in [2.75, 3.05) is 0 Å². The molecule has 4 nitrogen and oxygen atoms in total. The SMILES string of the molecule is CC(=NOCc1cccc(C(=O)[O-])c1)c1ccc(Cl)cc1. The van der Waals surface area contributed by atoms with E-state index in [1.807, 2.05) is 19.1 Å². The van der Waals surface area contributed by atoms with E-state index in [0.717, 1.165) is 5.56 Å². The van der Waals surface area contributed by atoms with Gasteiger partial charge >= 0.3 is 0 Å².